The molecule has 0 spiro atoms. The molecule has 0 saturated carbocycles. The van der Waals surface area contributed by atoms with E-state index < -0.39 is 0 Å². The predicted octanol–water partition coefficient (Wildman–Crippen LogP) is 3.32. The van der Waals surface area contributed by atoms with Gasteiger partial charge in [-0.05, 0) is 50.4 Å². The average Bonchev–Trinajstić information content (AvgIpc) is 2.54. The third-order valence-electron chi connectivity index (χ3n) is 3.59. The maximum Gasteiger partial charge on any atom is 0.161 e. The molecule has 0 bridgehead atoms. The molecule has 2 rings (SSSR count). The van der Waals surface area contributed by atoms with E-state index >= 15 is 0 Å². The Morgan fingerprint density at radius 3 is 2.76 bits per heavy atom. The van der Waals surface area contributed by atoms with Crippen molar-refractivity contribution in [2.45, 2.75) is 39.2 Å². The molecule has 0 aromatic heterocycles. The van der Waals surface area contributed by atoms with Gasteiger partial charge in [0.2, 0.25) is 0 Å². The van der Waals surface area contributed by atoms with Crippen LogP contribution in [0.3, 0.4) is 0 Å². The number of hydrogen-bond donors (Lipinski definition) is 1. The third-order valence-corrected chi connectivity index (χ3v) is 3.59. The van der Waals surface area contributed by atoms with E-state index in [1.807, 2.05) is 13.0 Å². The van der Waals surface area contributed by atoms with Crippen LogP contribution < -0.4 is 14.8 Å². The van der Waals surface area contributed by atoms with Crippen LogP contribution in [-0.4, -0.2) is 33.0 Å². The Hall–Kier alpha value is -1.26. The molecule has 118 valence electrons. The first-order valence-corrected chi connectivity index (χ1v) is 8.05. The van der Waals surface area contributed by atoms with Gasteiger partial charge in [-0.3, -0.25) is 0 Å². The van der Waals surface area contributed by atoms with Gasteiger partial charge in [0.1, 0.15) is 13.2 Å². The van der Waals surface area contributed by atoms with E-state index in [2.05, 4.69) is 24.4 Å². The summed E-state index contributed by atoms with van der Waals surface area (Å²) in [5.41, 5.74) is 1.27. The van der Waals surface area contributed by atoms with Gasteiger partial charge in [0.25, 0.3) is 0 Å². The summed E-state index contributed by atoms with van der Waals surface area (Å²) in [4.78, 5) is 0. The van der Waals surface area contributed by atoms with E-state index in [0.29, 0.717) is 19.3 Å². The summed E-state index contributed by atoms with van der Waals surface area (Å²) < 4.78 is 16.7. The third kappa shape index (κ3) is 4.90. The van der Waals surface area contributed by atoms with Gasteiger partial charge >= 0.3 is 0 Å². The number of ether oxygens (including phenoxy) is 3. The summed E-state index contributed by atoms with van der Waals surface area (Å²) in [7, 11) is 0. The summed E-state index contributed by atoms with van der Waals surface area (Å²) in [6.45, 7) is 8.13. The summed E-state index contributed by atoms with van der Waals surface area (Å²) in [5, 5.41) is 3.62. The Balaban J connectivity index is 2.00. The van der Waals surface area contributed by atoms with E-state index in [1.165, 1.54) is 5.56 Å². The zero-order valence-corrected chi connectivity index (χ0v) is 13.2. The van der Waals surface area contributed by atoms with Crippen LogP contribution in [0.5, 0.6) is 11.5 Å². The second-order valence-corrected chi connectivity index (χ2v) is 5.25. The molecule has 1 atom stereocenters. The zero-order chi connectivity index (χ0) is 14.9. The highest BCUT2D eigenvalue weighted by molar-refractivity contribution is 5.44. The molecule has 4 nitrogen and oxygen atoms in total. The average molecular weight is 293 g/mol. The van der Waals surface area contributed by atoms with Crippen LogP contribution in [0.15, 0.2) is 18.2 Å². The number of benzene rings is 1. The lowest BCUT2D eigenvalue weighted by molar-refractivity contribution is 0.140. The number of fused-ring (bicyclic) bond motifs is 1. The molecule has 1 N–H and O–H groups in total. The highest BCUT2D eigenvalue weighted by Gasteiger charge is 2.16. The highest BCUT2D eigenvalue weighted by atomic mass is 16.6. The minimum absolute atomic E-state index is 0.348. The van der Waals surface area contributed by atoms with Crippen molar-refractivity contribution in [3.05, 3.63) is 23.8 Å². The first-order chi connectivity index (χ1) is 10.3. The predicted molar refractivity (Wildman–Crippen MR) is 84.2 cm³/mol. The second-order valence-electron chi connectivity index (χ2n) is 5.25. The van der Waals surface area contributed by atoms with Gasteiger partial charge in [-0.1, -0.05) is 13.0 Å². The largest absolute Gasteiger partial charge is 0.486 e. The van der Waals surface area contributed by atoms with Crippen molar-refractivity contribution in [2.24, 2.45) is 0 Å². The Bertz CT molecular complexity index is 422. The number of hydrogen-bond acceptors (Lipinski definition) is 4. The quantitative estimate of drug-likeness (QED) is 0.709. The lowest BCUT2D eigenvalue weighted by Gasteiger charge is -2.23. The van der Waals surface area contributed by atoms with Gasteiger partial charge in [-0.25, -0.2) is 0 Å². The van der Waals surface area contributed by atoms with Crippen LogP contribution in [-0.2, 0) is 4.74 Å². The second kappa shape index (κ2) is 8.90. The van der Waals surface area contributed by atoms with Crippen LogP contribution in [0.25, 0.3) is 0 Å². The van der Waals surface area contributed by atoms with Gasteiger partial charge in [0.05, 0.1) is 0 Å². The van der Waals surface area contributed by atoms with Gasteiger partial charge in [-0.15, -0.1) is 0 Å². The molecule has 0 amide bonds. The van der Waals surface area contributed by atoms with E-state index in [-0.39, 0.29) is 0 Å². The maximum atomic E-state index is 5.68. The summed E-state index contributed by atoms with van der Waals surface area (Å²) in [6.07, 6.45) is 3.26. The molecule has 0 saturated heterocycles. The van der Waals surface area contributed by atoms with Crippen molar-refractivity contribution in [1.29, 1.82) is 0 Å². The molecular weight excluding hydrogens is 266 g/mol. The summed E-state index contributed by atoms with van der Waals surface area (Å²) in [5.74, 6) is 1.72. The van der Waals surface area contributed by atoms with Crippen LogP contribution in [0.2, 0.25) is 0 Å². The van der Waals surface area contributed by atoms with Crippen molar-refractivity contribution >= 4 is 0 Å². The molecular formula is C17H27NO3. The molecule has 1 aliphatic heterocycles. The molecule has 1 unspecified atom stereocenters. The molecule has 1 aromatic carbocycles. The first-order valence-electron chi connectivity index (χ1n) is 8.05. The van der Waals surface area contributed by atoms with Crippen molar-refractivity contribution < 1.29 is 14.2 Å². The van der Waals surface area contributed by atoms with Crippen LogP contribution >= 0.6 is 0 Å². The standard InChI is InChI=1S/C17H27NO3/c1-3-9-18-15(6-5-10-19-4-2)14-7-8-16-17(13-14)21-12-11-20-16/h7-8,13,15,18H,3-6,9-12H2,1-2H3. The van der Waals surface area contributed by atoms with Crippen molar-refractivity contribution in [1.82, 2.24) is 5.32 Å². The molecule has 1 aliphatic rings. The highest BCUT2D eigenvalue weighted by Crippen LogP contribution is 2.33. The van der Waals surface area contributed by atoms with Gasteiger partial charge in [-0.2, -0.15) is 0 Å². The Morgan fingerprint density at radius 2 is 2.00 bits per heavy atom. The lowest BCUT2D eigenvalue weighted by atomic mass is 10.0. The molecule has 0 radical (unpaired) electrons. The van der Waals surface area contributed by atoms with Crippen molar-refractivity contribution in [2.75, 3.05) is 33.0 Å². The summed E-state index contributed by atoms with van der Waals surface area (Å²) in [6, 6.07) is 6.62. The van der Waals surface area contributed by atoms with Crippen molar-refractivity contribution in [3.63, 3.8) is 0 Å². The smallest absolute Gasteiger partial charge is 0.161 e. The van der Waals surface area contributed by atoms with E-state index in [9.17, 15) is 0 Å². The van der Waals surface area contributed by atoms with E-state index in [0.717, 1.165) is 50.5 Å². The number of nitrogens with one attached hydrogen (secondary N) is 1. The fourth-order valence-electron chi connectivity index (χ4n) is 2.52. The van der Waals surface area contributed by atoms with Crippen LogP contribution in [0.1, 0.15) is 44.7 Å². The fraction of sp³-hybridized carbons (Fsp3) is 0.647. The van der Waals surface area contributed by atoms with Crippen molar-refractivity contribution in [3.8, 4) is 11.5 Å². The SMILES string of the molecule is CCCNC(CCCOCC)c1ccc2c(c1)OCCO2. The first kappa shape index (κ1) is 16.1. The molecule has 21 heavy (non-hydrogen) atoms. The maximum absolute atomic E-state index is 5.68. The van der Waals surface area contributed by atoms with Gasteiger partial charge < -0.3 is 19.5 Å². The zero-order valence-electron chi connectivity index (χ0n) is 13.2. The van der Waals surface area contributed by atoms with E-state index in [1.54, 1.807) is 0 Å². The normalized spacial score (nSPS) is 15.0. The fourth-order valence-corrected chi connectivity index (χ4v) is 2.52. The Kier molecular flexibility index (Phi) is 6.83. The Labute approximate surface area is 127 Å². The number of rotatable bonds is 9. The summed E-state index contributed by atoms with van der Waals surface area (Å²) >= 11 is 0. The van der Waals surface area contributed by atoms with Crippen LogP contribution in [0, 0.1) is 0 Å². The molecule has 4 heteroatoms. The molecule has 0 aliphatic carbocycles. The van der Waals surface area contributed by atoms with E-state index in [4.69, 9.17) is 14.2 Å². The Morgan fingerprint density at radius 1 is 1.19 bits per heavy atom. The van der Waals surface area contributed by atoms with Gasteiger partial charge in [0, 0.05) is 19.3 Å². The monoisotopic (exact) mass is 293 g/mol. The van der Waals surface area contributed by atoms with Crippen LogP contribution in [0.4, 0.5) is 0 Å². The van der Waals surface area contributed by atoms with Gasteiger partial charge in [0.15, 0.2) is 11.5 Å². The molecule has 1 aromatic rings. The lowest BCUT2D eigenvalue weighted by Crippen LogP contribution is -2.23. The molecule has 0 fully saturated rings. The topological polar surface area (TPSA) is 39.7 Å². The molecule has 1 heterocycles. The minimum Gasteiger partial charge on any atom is -0.486 e. The minimum atomic E-state index is 0.348.